The molecule has 1 N–H and O–H groups in total. The van der Waals surface area contributed by atoms with E-state index in [2.05, 4.69) is 36.2 Å². The Kier molecular flexibility index (Phi) is 3.78. The number of rotatable bonds is 2. The molecule has 0 aliphatic heterocycles. The Labute approximate surface area is 135 Å². The molecule has 0 bridgehead atoms. The number of aryl methyl sites for hydroxylation is 2. The standard InChI is InChI=1S/C15H12BrClN4/c1-8-9(2)20-15(14(17)19-8)21-12-5-3-4-10-6-11(16)7-18-13(10)12/h3-7H,1-2H3,(H,20,21). The van der Waals surface area contributed by atoms with Gasteiger partial charge < -0.3 is 5.32 Å². The lowest BCUT2D eigenvalue weighted by molar-refractivity contribution is 1.05. The SMILES string of the molecule is Cc1nc(Cl)c(Nc2cccc3cc(Br)cnc23)nc1C. The predicted octanol–water partition coefficient (Wildman–Crippen LogP) is 4.80. The summed E-state index contributed by atoms with van der Waals surface area (Å²) < 4.78 is 0.941. The Morgan fingerprint density at radius 3 is 2.71 bits per heavy atom. The third-order valence-electron chi connectivity index (χ3n) is 3.20. The number of para-hydroxylation sites is 1. The molecule has 0 saturated carbocycles. The Morgan fingerprint density at radius 2 is 1.90 bits per heavy atom. The van der Waals surface area contributed by atoms with Gasteiger partial charge in [0.15, 0.2) is 11.0 Å². The second kappa shape index (κ2) is 5.58. The van der Waals surface area contributed by atoms with E-state index in [0.717, 1.165) is 32.5 Å². The van der Waals surface area contributed by atoms with E-state index in [4.69, 9.17) is 11.6 Å². The summed E-state index contributed by atoms with van der Waals surface area (Å²) in [5.74, 6) is 0.539. The quantitative estimate of drug-likeness (QED) is 0.710. The predicted molar refractivity (Wildman–Crippen MR) is 89.2 cm³/mol. The second-order valence-electron chi connectivity index (χ2n) is 4.69. The lowest BCUT2D eigenvalue weighted by Crippen LogP contribution is -2.01. The van der Waals surface area contributed by atoms with E-state index in [1.807, 2.05) is 38.1 Å². The van der Waals surface area contributed by atoms with E-state index >= 15 is 0 Å². The number of nitrogens with one attached hydrogen (secondary N) is 1. The third kappa shape index (κ3) is 2.84. The van der Waals surface area contributed by atoms with Crippen molar-refractivity contribution in [2.45, 2.75) is 13.8 Å². The number of pyridine rings is 1. The van der Waals surface area contributed by atoms with Crippen LogP contribution in [-0.4, -0.2) is 15.0 Å². The van der Waals surface area contributed by atoms with Crippen LogP contribution in [-0.2, 0) is 0 Å². The van der Waals surface area contributed by atoms with Crippen molar-refractivity contribution in [2.24, 2.45) is 0 Å². The molecule has 0 aliphatic carbocycles. The van der Waals surface area contributed by atoms with E-state index in [9.17, 15) is 0 Å². The van der Waals surface area contributed by atoms with Gasteiger partial charge in [-0.1, -0.05) is 23.7 Å². The third-order valence-corrected chi connectivity index (χ3v) is 3.89. The maximum atomic E-state index is 6.16. The van der Waals surface area contributed by atoms with Gasteiger partial charge >= 0.3 is 0 Å². The molecule has 4 nitrogen and oxygen atoms in total. The smallest absolute Gasteiger partial charge is 0.172 e. The Bertz CT molecular complexity index is 835. The lowest BCUT2D eigenvalue weighted by Gasteiger charge is -2.11. The molecule has 0 spiro atoms. The van der Waals surface area contributed by atoms with E-state index in [1.165, 1.54) is 0 Å². The van der Waals surface area contributed by atoms with Crippen LogP contribution < -0.4 is 5.32 Å². The fraction of sp³-hybridized carbons (Fsp3) is 0.133. The fourth-order valence-electron chi connectivity index (χ4n) is 2.02. The first-order chi connectivity index (χ1) is 10.0. The average molecular weight is 364 g/mol. The molecule has 21 heavy (non-hydrogen) atoms. The summed E-state index contributed by atoms with van der Waals surface area (Å²) in [6.45, 7) is 3.79. The molecule has 106 valence electrons. The summed E-state index contributed by atoms with van der Waals surface area (Å²) in [5, 5.41) is 4.60. The Morgan fingerprint density at radius 1 is 1.14 bits per heavy atom. The highest BCUT2D eigenvalue weighted by Gasteiger charge is 2.10. The van der Waals surface area contributed by atoms with Gasteiger partial charge in [-0.05, 0) is 41.9 Å². The highest BCUT2D eigenvalue weighted by molar-refractivity contribution is 9.10. The Balaban J connectivity index is 2.08. The molecule has 0 amide bonds. The number of aromatic nitrogens is 3. The van der Waals surface area contributed by atoms with Gasteiger partial charge in [-0.3, -0.25) is 4.98 Å². The summed E-state index contributed by atoms with van der Waals surface area (Å²) in [6.07, 6.45) is 1.77. The molecule has 0 radical (unpaired) electrons. The summed E-state index contributed by atoms with van der Waals surface area (Å²) in [5.41, 5.74) is 3.37. The monoisotopic (exact) mass is 362 g/mol. The van der Waals surface area contributed by atoms with Gasteiger partial charge in [-0.15, -0.1) is 0 Å². The van der Waals surface area contributed by atoms with Crippen LogP contribution in [0.3, 0.4) is 0 Å². The maximum Gasteiger partial charge on any atom is 0.172 e. The van der Waals surface area contributed by atoms with Crippen molar-refractivity contribution in [3.8, 4) is 0 Å². The van der Waals surface area contributed by atoms with Gasteiger partial charge in [0, 0.05) is 16.1 Å². The molecule has 0 saturated heterocycles. The number of benzene rings is 1. The molecule has 3 aromatic rings. The molecular formula is C15H12BrClN4. The minimum atomic E-state index is 0.354. The topological polar surface area (TPSA) is 50.7 Å². The zero-order valence-electron chi connectivity index (χ0n) is 11.5. The number of hydrogen-bond acceptors (Lipinski definition) is 4. The lowest BCUT2D eigenvalue weighted by atomic mass is 10.2. The highest BCUT2D eigenvalue weighted by Crippen LogP contribution is 2.28. The van der Waals surface area contributed by atoms with Crippen LogP contribution in [0, 0.1) is 13.8 Å². The minimum Gasteiger partial charge on any atom is -0.336 e. The van der Waals surface area contributed by atoms with Gasteiger partial charge in [0.1, 0.15) is 0 Å². The van der Waals surface area contributed by atoms with Crippen molar-refractivity contribution in [1.29, 1.82) is 0 Å². The van der Waals surface area contributed by atoms with Gasteiger partial charge in [0.2, 0.25) is 0 Å². The Hall–Kier alpha value is -1.72. The molecule has 0 unspecified atom stereocenters. The zero-order chi connectivity index (χ0) is 15.0. The van der Waals surface area contributed by atoms with Crippen molar-refractivity contribution >= 4 is 49.9 Å². The summed E-state index contributed by atoms with van der Waals surface area (Å²) in [7, 11) is 0. The molecule has 0 aliphatic rings. The van der Waals surface area contributed by atoms with Crippen LogP contribution in [0.25, 0.3) is 10.9 Å². The molecular weight excluding hydrogens is 352 g/mol. The molecule has 1 aromatic carbocycles. The molecule has 0 fully saturated rings. The van der Waals surface area contributed by atoms with Crippen LogP contribution in [0.15, 0.2) is 34.9 Å². The second-order valence-corrected chi connectivity index (χ2v) is 5.96. The van der Waals surface area contributed by atoms with E-state index < -0.39 is 0 Å². The first-order valence-electron chi connectivity index (χ1n) is 6.36. The van der Waals surface area contributed by atoms with Gasteiger partial charge in [-0.2, -0.15) is 0 Å². The van der Waals surface area contributed by atoms with Gasteiger partial charge in [-0.25, -0.2) is 9.97 Å². The molecule has 2 heterocycles. The summed E-state index contributed by atoms with van der Waals surface area (Å²) in [4.78, 5) is 13.2. The molecule has 2 aromatic heterocycles. The largest absolute Gasteiger partial charge is 0.336 e. The first-order valence-corrected chi connectivity index (χ1v) is 7.54. The maximum absolute atomic E-state index is 6.16. The number of anilines is 2. The normalized spacial score (nSPS) is 10.9. The zero-order valence-corrected chi connectivity index (χ0v) is 13.8. The summed E-state index contributed by atoms with van der Waals surface area (Å²) in [6, 6.07) is 7.92. The van der Waals surface area contributed by atoms with Crippen molar-refractivity contribution in [1.82, 2.24) is 15.0 Å². The van der Waals surface area contributed by atoms with Crippen LogP contribution in [0.5, 0.6) is 0 Å². The summed E-state index contributed by atoms with van der Waals surface area (Å²) >= 11 is 9.59. The van der Waals surface area contributed by atoms with Crippen molar-refractivity contribution < 1.29 is 0 Å². The number of hydrogen-bond donors (Lipinski definition) is 1. The van der Waals surface area contributed by atoms with Gasteiger partial charge in [0.25, 0.3) is 0 Å². The minimum absolute atomic E-state index is 0.354. The number of halogens is 2. The van der Waals surface area contributed by atoms with Crippen molar-refractivity contribution in [2.75, 3.05) is 5.32 Å². The van der Waals surface area contributed by atoms with Crippen LogP contribution in [0.1, 0.15) is 11.4 Å². The van der Waals surface area contributed by atoms with Crippen LogP contribution in [0.4, 0.5) is 11.5 Å². The van der Waals surface area contributed by atoms with E-state index in [0.29, 0.717) is 11.0 Å². The molecule has 0 atom stereocenters. The number of nitrogens with zero attached hydrogens (tertiary/aromatic N) is 3. The van der Waals surface area contributed by atoms with Crippen LogP contribution in [0.2, 0.25) is 5.15 Å². The first kappa shape index (κ1) is 14.2. The van der Waals surface area contributed by atoms with Gasteiger partial charge in [0.05, 0.1) is 22.6 Å². The molecule has 6 heteroatoms. The van der Waals surface area contributed by atoms with Crippen LogP contribution >= 0.6 is 27.5 Å². The average Bonchev–Trinajstić information content (AvgIpc) is 2.44. The number of fused-ring (bicyclic) bond motifs is 1. The van der Waals surface area contributed by atoms with Crippen molar-refractivity contribution in [3.63, 3.8) is 0 Å². The fourth-order valence-corrected chi connectivity index (χ4v) is 2.58. The van der Waals surface area contributed by atoms with Crippen molar-refractivity contribution in [3.05, 3.63) is 51.5 Å². The highest BCUT2D eigenvalue weighted by atomic mass is 79.9. The molecule has 3 rings (SSSR count). The van der Waals surface area contributed by atoms with E-state index in [1.54, 1.807) is 6.20 Å². The van der Waals surface area contributed by atoms with E-state index in [-0.39, 0.29) is 0 Å².